The van der Waals surface area contributed by atoms with Crippen molar-refractivity contribution in [3.05, 3.63) is 23.6 Å². The minimum absolute atomic E-state index is 0.0000265. The summed E-state index contributed by atoms with van der Waals surface area (Å²) in [5.74, 6) is -0.613. The lowest BCUT2D eigenvalue weighted by Crippen LogP contribution is -2.23. The van der Waals surface area contributed by atoms with Crippen molar-refractivity contribution >= 4 is 5.82 Å². The number of nitrogens with two attached hydrogens (primary N) is 2. The number of nitrogens with zero attached hydrogens (tertiary/aromatic N) is 1. The molecular weight excluding hydrogens is 201 g/mol. The molecule has 15 heavy (non-hydrogen) atoms. The quantitative estimate of drug-likeness (QED) is 0.544. The van der Waals surface area contributed by atoms with E-state index in [-0.39, 0.29) is 24.3 Å². The van der Waals surface area contributed by atoms with Crippen molar-refractivity contribution < 1.29 is 14.6 Å². The van der Waals surface area contributed by atoms with Gasteiger partial charge in [0.2, 0.25) is 0 Å². The Morgan fingerprint density at radius 3 is 2.73 bits per heavy atom. The van der Waals surface area contributed by atoms with Crippen LogP contribution < -0.4 is 11.5 Å². The Morgan fingerprint density at radius 1 is 1.47 bits per heavy atom. The average Bonchev–Trinajstić information content (AvgIpc) is 2.21. The van der Waals surface area contributed by atoms with E-state index in [1.807, 2.05) is 0 Å². The number of pyridine rings is 1. The third-order valence-electron chi connectivity index (χ3n) is 2.06. The SMILES string of the molecule is NCCC(O)C(O)c1cc(F)cnc1N. The van der Waals surface area contributed by atoms with Crippen molar-refractivity contribution in [2.45, 2.75) is 18.6 Å². The summed E-state index contributed by atoms with van der Waals surface area (Å²) in [5, 5.41) is 19.1. The van der Waals surface area contributed by atoms with E-state index in [0.717, 1.165) is 12.3 Å². The number of nitrogen functional groups attached to an aromatic ring is 1. The topological polar surface area (TPSA) is 105 Å². The van der Waals surface area contributed by atoms with Crippen LogP contribution in [0.25, 0.3) is 0 Å². The van der Waals surface area contributed by atoms with Crippen LogP contribution in [-0.4, -0.2) is 27.8 Å². The number of hydrogen-bond acceptors (Lipinski definition) is 5. The summed E-state index contributed by atoms with van der Waals surface area (Å²) in [7, 11) is 0. The number of aliphatic hydroxyl groups is 2. The van der Waals surface area contributed by atoms with Crippen LogP contribution in [0.1, 0.15) is 18.1 Å². The first-order valence-corrected chi connectivity index (χ1v) is 4.53. The molecular formula is C9H14FN3O2. The number of aliphatic hydroxyl groups excluding tert-OH is 2. The van der Waals surface area contributed by atoms with Gasteiger partial charge in [0.15, 0.2) is 0 Å². The van der Waals surface area contributed by atoms with Gasteiger partial charge in [0.1, 0.15) is 17.7 Å². The van der Waals surface area contributed by atoms with E-state index in [4.69, 9.17) is 11.5 Å². The molecule has 0 fully saturated rings. The maximum atomic E-state index is 12.8. The molecule has 6 N–H and O–H groups in total. The predicted octanol–water partition coefficient (Wildman–Crippen LogP) is -0.454. The first-order valence-electron chi connectivity index (χ1n) is 4.53. The Bertz CT molecular complexity index is 335. The highest BCUT2D eigenvalue weighted by atomic mass is 19.1. The monoisotopic (exact) mass is 215 g/mol. The van der Waals surface area contributed by atoms with Crippen LogP contribution in [0.4, 0.5) is 10.2 Å². The molecule has 0 aliphatic carbocycles. The Hall–Kier alpha value is -1.24. The Morgan fingerprint density at radius 2 is 2.13 bits per heavy atom. The van der Waals surface area contributed by atoms with Crippen molar-refractivity contribution in [2.75, 3.05) is 12.3 Å². The molecule has 6 heteroatoms. The third-order valence-corrected chi connectivity index (χ3v) is 2.06. The molecule has 1 rings (SSSR count). The second kappa shape index (κ2) is 5.01. The average molecular weight is 215 g/mol. The van der Waals surface area contributed by atoms with Crippen molar-refractivity contribution in [1.82, 2.24) is 4.98 Å². The normalized spacial score (nSPS) is 14.9. The second-order valence-corrected chi connectivity index (χ2v) is 3.22. The van der Waals surface area contributed by atoms with Gasteiger partial charge in [-0.1, -0.05) is 0 Å². The lowest BCUT2D eigenvalue weighted by Gasteiger charge is -2.18. The third kappa shape index (κ3) is 2.85. The first kappa shape index (κ1) is 11.8. The molecule has 0 bridgehead atoms. The summed E-state index contributed by atoms with van der Waals surface area (Å²) in [6.45, 7) is 0.223. The molecule has 0 aromatic carbocycles. The van der Waals surface area contributed by atoms with Crippen LogP contribution in [0.5, 0.6) is 0 Å². The molecule has 1 aromatic rings. The summed E-state index contributed by atoms with van der Waals surface area (Å²) in [5.41, 5.74) is 10.7. The number of anilines is 1. The maximum absolute atomic E-state index is 12.8. The molecule has 0 aliphatic heterocycles. The van der Waals surface area contributed by atoms with E-state index >= 15 is 0 Å². The fraction of sp³-hybridized carbons (Fsp3) is 0.444. The summed E-state index contributed by atoms with van der Waals surface area (Å²) >= 11 is 0. The smallest absolute Gasteiger partial charge is 0.142 e. The van der Waals surface area contributed by atoms with E-state index in [1.54, 1.807) is 0 Å². The molecule has 5 nitrogen and oxygen atoms in total. The minimum atomic E-state index is -1.27. The fourth-order valence-electron chi connectivity index (χ4n) is 1.24. The van der Waals surface area contributed by atoms with Crippen LogP contribution in [0.15, 0.2) is 12.3 Å². The van der Waals surface area contributed by atoms with Crippen molar-refractivity contribution in [3.63, 3.8) is 0 Å². The molecule has 1 heterocycles. The number of rotatable bonds is 4. The van der Waals surface area contributed by atoms with Gasteiger partial charge in [-0.05, 0) is 19.0 Å². The van der Waals surface area contributed by atoms with Crippen LogP contribution in [0.2, 0.25) is 0 Å². The second-order valence-electron chi connectivity index (χ2n) is 3.22. The van der Waals surface area contributed by atoms with E-state index in [1.165, 1.54) is 0 Å². The zero-order chi connectivity index (χ0) is 11.4. The lowest BCUT2D eigenvalue weighted by molar-refractivity contribution is 0.0151. The van der Waals surface area contributed by atoms with Gasteiger partial charge < -0.3 is 21.7 Å². The Kier molecular flexibility index (Phi) is 3.96. The largest absolute Gasteiger partial charge is 0.390 e. The summed E-state index contributed by atoms with van der Waals surface area (Å²) < 4.78 is 12.8. The van der Waals surface area contributed by atoms with Crippen LogP contribution in [-0.2, 0) is 0 Å². The number of halogens is 1. The molecule has 0 radical (unpaired) electrons. The molecule has 0 saturated carbocycles. The van der Waals surface area contributed by atoms with E-state index in [0.29, 0.717) is 0 Å². The van der Waals surface area contributed by atoms with Crippen LogP contribution in [0, 0.1) is 5.82 Å². The number of aromatic nitrogens is 1. The number of hydrogen-bond donors (Lipinski definition) is 4. The van der Waals surface area contributed by atoms with Gasteiger partial charge in [0, 0.05) is 5.56 Å². The van der Waals surface area contributed by atoms with Crippen molar-refractivity contribution in [2.24, 2.45) is 5.73 Å². The van der Waals surface area contributed by atoms with Gasteiger partial charge in [0.05, 0.1) is 12.3 Å². The van der Waals surface area contributed by atoms with Gasteiger partial charge in [-0.2, -0.15) is 0 Å². The lowest BCUT2D eigenvalue weighted by atomic mass is 10.0. The molecule has 2 unspecified atom stereocenters. The predicted molar refractivity (Wildman–Crippen MR) is 53.2 cm³/mol. The van der Waals surface area contributed by atoms with Crippen LogP contribution in [0.3, 0.4) is 0 Å². The molecule has 0 amide bonds. The highest BCUT2D eigenvalue weighted by Crippen LogP contribution is 2.23. The molecule has 0 saturated heterocycles. The van der Waals surface area contributed by atoms with Crippen molar-refractivity contribution in [3.8, 4) is 0 Å². The summed E-state index contributed by atoms with van der Waals surface area (Å²) in [6, 6.07) is 1.05. The van der Waals surface area contributed by atoms with Crippen LogP contribution >= 0.6 is 0 Å². The van der Waals surface area contributed by atoms with Gasteiger partial charge in [0.25, 0.3) is 0 Å². The highest BCUT2D eigenvalue weighted by Gasteiger charge is 2.20. The minimum Gasteiger partial charge on any atom is -0.390 e. The standard InChI is InChI=1S/C9H14FN3O2/c10-5-3-6(9(12)13-4-5)8(15)7(14)1-2-11/h3-4,7-8,14-15H,1-2,11H2,(H2,12,13). The Labute approximate surface area is 86.5 Å². The van der Waals surface area contributed by atoms with Crippen molar-refractivity contribution in [1.29, 1.82) is 0 Å². The Balaban J connectivity index is 2.89. The van der Waals surface area contributed by atoms with Gasteiger partial charge in [-0.3, -0.25) is 0 Å². The van der Waals surface area contributed by atoms with E-state index in [2.05, 4.69) is 4.98 Å². The summed E-state index contributed by atoms with van der Waals surface area (Å²) in [4.78, 5) is 3.54. The fourth-order valence-corrected chi connectivity index (χ4v) is 1.24. The zero-order valence-corrected chi connectivity index (χ0v) is 8.10. The zero-order valence-electron chi connectivity index (χ0n) is 8.10. The van der Waals surface area contributed by atoms with Gasteiger partial charge >= 0.3 is 0 Å². The molecule has 0 spiro atoms. The summed E-state index contributed by atoms with van der Waals surface area (Å²) in [6.07, 6.45) is -1.18. The molecule has 84 valence electrons. The molecule has 0 aliphatic rings. The van der Waals surface area contributed by atoms with E-state index in [9.17, 15) is 14.6 Å². The van der Waals surface area contributed by atoms with Gasteiger partial charge in [-0.25, -0.2) is 9.37 Å². The first-order chi connectivity index (χ1) is 7.06. The maximum Gasteiger partial charge on any atom is 0.142 e. The molecule has 1 aromatic heterocycles. The molecule has 2 atom stereocenters. The van der Waals surface area contributed by atoms with E-state index < -0.39 is 18.0 Å². The van der Waals surface area contributed by atoms with Gasteiger partial charge in [-0.15, -0.1) is 0 Å². The highest BCUT2D eigenvalue weighted by molar-refractivity contribution is 5.40.